The van der Waals surface area contributed by atoms with Crippen molar-refractivity contribution >= 4 is 40.1 Å². The van der Waals surface area contributed by atoms with Gasteiger partial charge in [0.15, 0.2) is 6.23 Å². The lowest BCUT2D eigenvalue weighted by Gasteiger charge is -2.27. The van der Waals surface area contributed by atoms with E-state index in [2.05, 4.69) is 35.4 Å². The van der Waals surface area contributed by atoms with Crippen molar-refractivity contribution in [3.8, 4) is 17.0 Å². The summed E-state index contributed by atoms with van der Waals surface area (Å²) in [5.74, 6) is 1.27. The third-order valence-corrected chi connectivity index (χ3v) is 6.35. The molecule has 1 aromatic carbocycles. The normalized spacial score (nSPS) is 15.1. The molecular weight excluding hydrogens is 463 g/mol. The number of aromatic nitrogens is 5. The Hall–Kier alpha value is -2.98. The third kappa shape index (κ3) is 4.32. The number of nitrogens with two attached hydrogens (primary N) is 1. The quantitative estimate of drug-likeness (QED) is 0.368. The molecule has 0 unspecified atom stereocenters. The minimum atomic E-state index is -0.860. The molecule has 9 nitrogen and oxygen atoms in total. The molecule has 1 aliphatic rings. The van der Waals surface area contributed by atoms with Crippen LogP contribution >= 0.6 is 23.2 Å². The van der Waals surface area contributed by atoms with Crippen LogP contribution < -0.4 is 20.7 Å². The van der Waals surface area contributed by atoms with E-state index in [-0.39, 0.29) is 0 Å². The Morgan fingerprint density at radius 2 is 1.85 bits per heavy atom. The Balaban J connectivity index is 1.42. The largest absolute Gasteiger partial charge is 0.471 e. The van der Waals surface area contributed by atoms with Crippen LogP contribution in [0.15, 0.2) is 36.8 Å². The number of halogens is 2. The maximum atomic E-state index is 6.37. The molecule has 0 bridgehead atoms. The van der Waals surface area contributed by atoms with Gasteiger partial charge < -0.3 is 15.0 Å². The number of fused-ring (bicyclic) bond motifs is 1. The molecule has 4 N–H and O–H groups in total. The number of H-pyrrole nitrogens is 1. The van der Waals surface area contributed by atoms with Gasteiger partial charge in [0.25, 0.3) is 0 Å². The van der Waals surface area contributed by atoms with Gasteiger partial charge in [-0.15, -0.1) is 0 Å². The summed E-state index contributed by atoms with van der Waals surface area (Å²) in [6.07, 6.45) is 4.24. The Labute approximate surface area is 200 Å². The van der Waals surface area contributed by atoms with Crippen molar-refractivity contribution in [3.05, 3.63) is 58.1 Å². The number of nitrogens with zero attached hydrogens (tertiary/aromatic N) is 5. The maximum absolute atomic E-state index is 6.37. The van der Waals surface area contributed by atoms with E-state index in [1.165, 1.54) is 6.20 Å². The summed E-state index contributed by atoms with van der Waals surface area (Å²) in [6, 6.07) is 5.56. The molecule has 170 valence electrons. The predicted molar refractivity (Wildman–Crippen MR) is 129 cm³/mol. The first-order valence-electron chi connectivity index (χ1n) is 10.5. The minimum absolute atomic E-state index is 0.352. The van der Waals surface area contributed by atoms with Gasteiger partial charge >= 0.3 is 0 Å². The Morgan fingerprint density at radius 1 is 1.09 bits per heavy atom. The van der Waals surface area contributed by atoms with Gasteiger partial charge in [-0.05, 0) is 25.1 Å². The molecule has 4 heterocycles. The fraction of sp³-hybridized carbons (Fsp3) is 0.273. The Bertz CT molecular complexity index is 1290. The second kappa shape index (κ2) is 9.11. The summed E-state index contributed by atoms with van der Waals surface area (Å²) in [5, 5.41) is 12.4. The number of anilines is 1. The highest BCUT2D eigenvalue weighted by Crippen LogP contribution is 2.34. The van der Waals surface area contributed by atoms with Crippen molar-refractivity contribution in [1.29, 1.82) is 0 Å². The summed E-state index contributed by atoms with van der Waals surface area (Å²) in [5.41, 5.74) is 9.80. The third-order valence-electron chi connectivity index (χ3n) is 5.58. The van der Waals surface area contributed by atoms with E-state index in [0.717, 1.165) is 54.3 Å². The van der Waals surface area contributed by atoms with E-state index in [4.69, 9.17) is 33.7 Å². The van der Waals surface area contributed by atoms with Crippen LogP contribution in [-0.2, 0) is 0 Å². The van der Waals surface area contributed by atoms with E-state index >= 15 is 0 Å². The maximum Gasteiger partial charge on any atom is 0.225 e. The van der Waals surface area contributed by atoms with Gasteiger partial charge in [0.2, 0.25) is 5.95 Å². The second-order valence-electron chi connectivity index (χ2n) is 7.75. The summed E-state index contributed by atoms with van der Waals surface area (Å²) in [6.45, 7) is 5.41. The van der Waals surface area contributed by atoms with Gasteiger partial charge in [-0.25, -0.2) is 9.97 Å². The van der Waals surface area contributed by atoms with Crippen LogP contribution in [0.3, 0.4) is 0 Å². The molecule has 4 aromatic rings. The zero-order chi connectivity index (χ0) is 22.9. The molecule has 3 aromatic heterocycles. The van der Waals surface area contributed by atoms with Crippen molar-refractivity contribution in [1.82, 2.24) is 30.5 Å². The Morgan fingerprint density at radius 3 is 2.61 bits per heavy atom. The van der Waals surface area contributed by atoms with Crippen molar-refractivity contribution < 1.29 is 4.74 Å². The molecule has 33 heavy (non-hydrogen) atoms. The van der Waals surface area contributed by atoms with E-state index in [0.29, 0.717) is 27.1 Å². The summed E-state index contributed by atoms with van der Waals surface area (Å²) in [7, 11) is 0. The summed E-state index contributed by atoms with van der Waals surface area (Å²) < 4.78 is 5.98. The lowest BCUT2D eigenvalue weighted by Crippen LogP contribution is -2.44. The molecule has 1 atom stereocenters. The topological polar surface area (TPSA) is 118 Å². The lowest BCUT2D eigenvalue weighted by atomic mass is 10.1. The zero-order valence-corrected chi connectivity index (χ0v) is 19.4. The van der Waals surface area contributed by atoms with Crippen molar-refractivity contribution in [2.75, 3.05) is 31.1 Å². The molecule has 0 saturated carbocycles. The van der Waals surface area contributed by atoms with E-state index in [1.807, 2.05) is 18.2 Å². The highest BCUT2D eigenvalue weighted by molar-refractivity contribution is 6.36. The number of aryl methyl sites for hydroxylation is 1. The molecule has 0 spiro atoms. The van der Waals surface area contributed by atoms with Crippen LogP contribution in [0.5, 0.6) is 5.75 Å². The molecule has 0 radical (unpaired) electrons. The number of ether oxygens (including phenoxy) is 1. The minimum Gasteiger partial charge on any atom is -0.471 e. The standard InChI is InChI=1S/C22H22Cl2N8O/c1-12-19(24)18(16(23)11-27-12)21(25)33-14-2-3-17-15(8-14)20(31-30-17)13-9-28-22(29-10-13)32-6-4-26-5-7-32/h2-3,8-11,21,26H,4-7,25H2,1H3,(H,30,31)/t21-/m0/s1. The molecular formula is C22H22Cl2N8O. The number of nitrogens with one attached hydrogen (secondary N) is 2. The van der Waals surface area contributed by atoms with Crippen LogP contribution in [0.1, 0.15) is 17.5 Å². The second-order valence-corrected chi connectivity index (χ2v) is 8.53. The van der Waals surface area contributed by atoms with Crippen molar-refractivity contribution in [3.63, 3.8) is 0 Å². The summed E-state index contributed by atoms with van der Waals surface area (Å²) >= 11 is 12.6. The molecule has 1 saturated heterocycles. The van der Waals surface area contributed by atoms with Crippen LogP contribution in [0.2, 0.25) is 10.0 Å². The highest BCUT2D eigenvalue weighted by atomic mass is 35.5. The zero-order valence-electron chi connectivity index (χ0n) is 17.8. The van der Waals surface area contributed by atoms with Gasteiger partial charge in [0.1, 0.15) is 11.4 Å². The smallest absolute Gasteiger partial charge is 0.225 e. The van der Waals surface area contributed by atoms with Crippen molar-refractivity contribution in [2.45, 2.75) is 13.2 Å². The van der Waals surface area contributed by atoms with Crippen LogP contribution in [0, 0.1) is 6.92 Å². The van der Waals surface area contributed by atoms with Crippen LogP contribution in [0.4, 0.5) is 5.95 Å². The van der Waals surface area contributed by atoms with Gasteiger partial charge in [0.05, 0.1) is 21.3 Å². The van der Waals surface area contributed by atoms with Gasteiger partial charge in [-0.2, -0.15) is 5.10 Å². The molecule has 0 aliphatic carbocycles. The number of hydrogen-bond acceptors (Lipinski definition) is 8. The monoisotopic (exact) mass is 484 g/mol. The number of hydrogen-bond donors (Lipinski definition) is 3. The number of pyridine rings is 1. The molecule has 5 rings (SSSR count). The average molecular weight is 485 g/mol. The SMILES string of the molecule is Cc1ncc(Cl)c([C@@H](N)Oc2ccc3[nH]nc(-c4cnc(N5CCNCC5)nc4)c3c2)c1Cl. The molecule has 1 fully saturated rings. The first-order valence-corrected chi connectivity index (χ1v) is 11.3. The van der Waals surface area contributed by atoms with Gasteiger partial charge in [0, 0.05) is 61.3 Å². The molecule has 11 heteroatoms. The van der Waals surface area contributed by atoms with E-state index < -0.39 is 6.23 Å². The predicted octanol–water partition coefficient (Wildman–Crippen LogP) is 3.48. The van der Waals surface area contributed by atoms with Crippen LogP contribution in [-0.4, -0.2) is 51.3 Å². The first kappa shape index (κ1) is 21.8. The molecule has 0 amide bonds. The number of benzene rings is 1. The highest BCUT2D eigenvalue weighted by Gasteiger charge is 2.20. The fourth-order valence-electron chi connectivity index (χ4n) is 3.80. The average Bonchev–Trinajstić information content (AvgIpc) is 3.26. The van der Waals surface area contributed by atoms with Gasteiger partial charge in [-0.3, -0.25) is 15.8 Å². The van der Waals surface area contributed by atoms with Crippen molar-refractivity contribution in [2.24, 2.45) is 5.73 Å². The first-order chi connectivity index (χ1) is 16.0. The molecule has 1 aliphatic heterocycles. The number of rotatable bonds is 5. The Kier molecular flexibility index (Phi) is 6.03. The number of piperazine rings is 1. The summed E-state index contributed by atoms with van der Waals surface area (Å²) in [4.78, 5) is 15.4. The van der Waals surface area contributed by atoms with E-state index in [1.54, 1.807) is 19.3 Å². The van der Waals surface area contributed by atoms with E-state index in [9.17, 15) is 0 Å². The van der Waals surface area contributed by atoms with Gasteiger partial charge in [-0.1, -0.05) is 23.2 Å². The fourth-order valence-corrected chi connectivity index (χ4v) is 4.36. The number of aromatic amines is 1. The van der Waals surface area contributed by atoms with Crippen LogP contribution in [0.25, 0.3) is 22.2 Å². The lowest BCUT2D eigenvalue weighted by molar-refractivity contribution is 0.214.